The van der Waals surface area contributed by atoms with Gasteiger partial charge in [0.05, 0.1) is 48.0 Å². The Morgan fingerprint density at radius 1 is 1.08 bits per heavy atom. The van der Waals surface area contributed by atoms with Crippen molar-refractivity contribution in [2.45, 2.75) is 115 Å². The van der Waals surface area contributed by atoms with E-state index in [2.05, 4.69) is 0 Å². The van der Waals surface area contributed by atoms with Crippen LogP contribution in [0.5, 0.6) is 0 Å². The van der Waals surface area contributed by atoms with Crippen molar-refractivity contribution in [2.75, 3.05) is 13.2 Å². The molecule has 1 saturated heterocycles. The molecule has 9 heteroatoms. The topological polar surface area (TPSA) is 132 Å². The second-order valence-corrected chi connectivity index (χ2v) is 12.7. The first kappa shape index (κ1) is 26.4. The van der Waals surface area contributed by atoms with E-state index in [1.54, 1.807) is 6.92 Å². The summed E-state index contributed by atoms with van der Waals surface area (Å²) in [5, 5.41) is 36.4. The first-order valence-electron chi connectivity index (χ1n) is 13.5. The van der Waals surface area contributed by atoms with Gasteiger partial charge >= 0.3 is 11.9 Å². The van der Waals surface area contributed by atoms with Gasteiger partial charge in [0.2, 0.25) is 0 Å². The van der Waals surface area contributed by atoms with Crippen molar-refractivity contribution >= 4 is 11.9 Å². The normalized spacial score (nSPS) is 51.2. The quantitative estimate of drug-likeness (QED) is 0.488. The fourth-order valence-corrected chi connectivity index (χ4v) is 9.19. The molecular weight excluding hydrogens is 468 g/mol. The van der Waals surface area contributed by atoms with Gasteiger partial charge in [-0.25, -0.2) is 0 Å². The maximum atomic E-state index is 12.9. The minimum absolute atomic E-state index is 0.167. The van der Waals surface area contributed by atoms with Gasteiger partial charge < -0.3 is 34.3 Å². The van der Waals surface area contributed by atoms with E-state index in [1.807, 2.05) is 20.8 Å². The van der Waals surface area contributed by atoms with E-state index < -0.39 is 63.9 Å². The molecule has 1 heterocycles. The second kappa shape index (κ2) is 8.37. The number of ether oxygens (including phenoxy) is 4. The highest BCUT2D eigenvalue weighted by Crippen LogP contribution is 2.71. The van der Waals surface area contributed by atoms with Crippen molar-refractivity contribution in [1.29, 1.82) is 0 Å². The van der Waals surface area contributed by atoms with E-state index in [1.165, 1.54) is 6.92 Å². The third kappa shape index (κ3) is 3.45. The number of aliphatic hydroxyl groups is 3. The van der Waals surface area contributed by atoms with Gasteiger partial charge in [-0.3, -0.25) is 9.59 Å². The SMILES string of the molecule is CCOC(=O)[C@@H]1CC[C@]2(O)[C@@H]3CC[C@]4(O)C[C@H](OC(C)=O)C[C@@H]5OC(C)(C)OC[C@@]54[C@H]3[C@H](O)C[C@]12C. The van der Waals surface area contributed by atoms with Gasteiger partial charge in [-0.1, -0.05) is 6.92 Å². The summed E-state index contributed by atoms with van der Waals surface area (Å²) in [6.07, 6.45) is 0.652. The van der Waals surface area contributed by atoms with Gasteiger partial charge in [0.1, 0.15) is 6.10 Å². The van der Waals surface area contributed by atoms with Crippen molar-refractivity contribution in [3.63, 3.8) is 0 Å². The fraction of sp³-hybridized carbons (Fsp3) is 0.926. The number of esters is 2. The van der Waals surface area contributed by atoms with Gasteiger partial charge in [0, 0.05) is 31.1 Å². The molecule has 0 amide bonds. The Bertz CT molecular complexity index is 921. The Kier molecular flexibility index (Phi) is 6.13. The summed E-state index contributed by atoms with van der Waals surface area (Å²) in [4.78, 5) is 24.7. The molecule has 10 atom stereocenters. The molecule has 0 aromatic heterocycles. The lowest BCUT2D eigenvalue weighted by Gasteiger charge is -2.70. The first-order chi connectivity index (χ1) is 16.7. The lowest BCUT2D eigenvalue weighted by atomic mass is 9.40. The number of fused-ring (bicyclic) bond motifs is 3. The molecule has 0 unspecified atom stereocenters. The highest BCUT2D eigenvalue weighted by molar-refractivity contribution is 5.74. The maximum absolute atomic E-state index is 12.9. The Balaban J connectivity index is 1.57. The van der Waals surface area contributed by atoms with Crippen molar-refractivity contribution in [1.82, 2.24) is 0 Å². The van der Waals surface area contributed by atoms with Crippen LogP contribution in [-0.2, 0) is 28.5 Å². The van der Waals surface area contributed by atoms with E-state index in [4.69, 9.17) is 18.9 Å². The zero-order chi connectivity index (χ0) is 26.3. The van der Waals surface area contributed by atoms with Crippen molar-refractivity contribution in [2.24, 2.45) is 28.6 Å². The molecule has 0 aromatic rings. The van der Waals surface area contributed by atoms with Crippen LogP contribution >= 0.6 is 0 Å². The summed E-state index contributed by atoms with van der Waals surface area (Å²) < 4.78 is 23.5. The third-order valence-corrected chi connectivity index (χ3v) is 10.6. The number of carbonyl (C=O) groups excluding carboxylic acids is 2. The first-order valence-corrected chi connectivity index (χ1v) is 13.5. The van der Waals surface area contributed by atoms with Crippen LogP contribution in [0.2, 0.25) is 0 Å². The average Bonchev–Trinajstić information content (AvgIpc) is 3.02. The molecule has 1 aliphatic heterocycles. The van der Waals surface area contributed by atoms with E-state index in [-0.39, 0.29) is 37.9 Å². The van der Waals surface area contributed by atoms with Crippen molar-refractivity contribution < 1.29 is 43.9 Å². The third-order valence-electron chi connectivity index (χ3n) is 10.6. The summed E-state index contributed by atoms with van der Waals surface area (Å²) in [5.41, 5.74) is -4.33. The lowest BCUT2D eigenvalue weighted by Crippen LogP contribution is -2.78. The van der Waals surface area contributed by atoms with E-state index in [0.29, 0.717) is 32.1 Å². The van der Waals surface area contributed by atoms with Gasteiger partial charge in [-0.15, -0.1) is 0 Å². The van der Waals surface area contributed by atoms with Crippen molar-refractivity contribution in [3.8, 4) is 0 Å². The van der Waals surface area contributed by atoms with Crippen molar-refractivity contribution in [3.05, 3.63) is 0 Å². The number of hydrogen-bond donors (Lipinski definition) is 3. The Morgan fingerprint density at radius 3 is 2.47 bits per heavy atom. The van der Waals surface area contributed by atoms with Crippen LogP contribution < -0.4 is 0 Å². The zero-order valence-corrected chi connectivity index (χ0v) is 22.1. The van der Waals surface area contributed by atoms with Crippen LogP contribution in [0.4, 0.5) is 0 Å². The second-order valence-electron chi connectivity index (χ2n) is 12.7. The molecule has 9 nitrogen and oxygen atoms in total. The molecule has 5 rings (SSSR count). The van der Waals surface area contributed by atoms with Gasteiger partial charge in [0.15, 0.2) is 5.79 Å². The fourth-order valence-electron chi connectivity index (χ4n) is 9.19. The van der Waals surface area contributed by atoms with Gasteiger partial charge in [-0.2, -0.15) is 0 Å². The molecule has 36 heavy (non-hydrogen) atoms. The molecule has 5 aliphatic rings. The van der Waals surface area contributed by atoms with Gasteiger partial charge in [-0.05, 0) is 58.8 Å². The highest BCUT2D eigenvalue weighted by atomic mass is 16.7. The standard InChI is InChI=1S/C27H42O9/c1-6-33-22(30)18-8-10-27(32)17-7-9-25(31)12-16(35-15(2)28)11-20-26(25,14-34-23(3,4)36-20)21(17)19(29)13-24(18,27)5/h16-21,29,31-32H,6-14H2,1-5H3/t16-,17-,18+,19-,20+,21-,24-,25+,26+,27+/m1/s1. The predicted molar refractivity (Wildman–Crippen MR) is 126 cm³/mol. The molecule has 3 N–H and O–H groups in total. The maximum Gasteiger partial charge on any atom is 0.309 e. The Morgan fingerprint density at radius 2 is 1.81 bits per heavy atom. The van der Waals surface area contributed by atoms with Crippen LogP contribution in [0, 0.1) is 28.6 Å². The number of aliphatic hydroxyl groups excluding tert-OH is 1. The molecule has 4 aliphatic carbocycles. The summed E-state index contributed by atoms with van der Waals surface area (Å²) in [6, 6.07) is 0. The monoisotopic (exact) mass is 510 g/mol. The van der Waals surface area contributed by atoms with Crippen LogP contribution in [0.15, 0.2) is 0 Å². The van der Waals surface area contributed by atoms with Crippen LogP contribution in [-0.4, -0.2) is 75.8 Å². The Labute approximate surface area is 212 Å². The highest BCUT2D eigenvalue weighted by Gasteiger charge is 2.77. The molecule has 0 aromatic carbocycles. The smallest absolute Gasteiger partial charge is 0.309 e. The Hall–Kier alpha value is -1.26. The number of rotatable bonds is 3. The van der Waals surface area contributed by atoms with Gasteiger partial charge in [0.25, 0.3) is 0 Å². The molecule has 0 bridgehead atoms. The zero-order valence-electron chi connectivity index (χ0n) is 22.1. The number of hydrogen-bond acceptors (Lipinski definition) is 9. The predicted octanol–water partition coefficient (Wildman–Crippen LogP) is 2.08. The minimum atomic E-state index is -1.31. The van der Waals surface area contributed by atoms with Crippen LogP contribution in [0.25, 0.3) is 0 Å². The van der Waals surface area contributed by atoms with E-state index in [0.717, 1.165) is 0 Å². The average molecular weight is 511 g/mol. The van der Waals surface area contributed by atoms with E-state index >= 15 is 0 Å². The van der Waals surface area contributed by atoms with Crippen LogP contribution in [0.1, 0.15) is 79.6 Å². The number of carbonyl (C=O) groups is 2. The summed E-state index contributed by atoms with van der Waals surface area (Å²) in [5.74, 6) is -2.99. The lowest BCUT2D eigenvalue weighted by molar-refractivity contribution is -0.401. The minimum Gasteiger partial charge on any atom is -0.466 e. The molecule has 1 spiro atoms. The molecular formula is C27H42O9. The molecule has 0 radical (unpaired) electrons. The molecule has 5 fully saturated rings. The van der Waals surface area contributed by atoms with Crippen LogP contribution in [0.3, 0.4) is 0 Å². The summed E-state index contributed by atoms with van der Waals surface area (Å²) >= 11 is 0. The molecule has 204 valence electrons. The van der Waals surface area contributed by atoms with E-state index in [9.17, 15) is 24.9 Å². The largest absolute Gasteiger partial charge is 0.466 e. The molecule has 4 saturated carbocycles. The summed E-state index contributed by atoms with van der Waals surface area (Å²) in [6.45, 7) is 9.11. The summed E-state index contributed by atoms with van der Waals surface area (Å²) in [7, 11) is 0.